The summed E-state index contributed by atoms with van der Waals surface area (Å²) in [6, 6.07) is 0. The van der Waals surface area contributed by atoms with E-state index in [1.165, 1.54) is 0 Å². The van der Waals surface area contributed by atoms with Gasteiger partial charge in [0, 0.05) is 0 Å². The van der Waals surface area contributed by atoms with Gasteiger partial charge < -0.3 is 4.28 Å². The molecule has 5 heavy (non-hydrogen) atoms. The second kappa shape index (κ2) is 16.5. The van der Waals surface area contributed by atoms with Crippen molar-refractivity contribution in [2.24, 2.45) is 0 Å². The van der Waals surface area contributed by atoms with E-state index in [1.54, 1.807) is 0 Å². The van der Waals surface area contributed by atoms with Crippen LogP contribution in [0.15, 0.2) is 0 Å². The van der Waals surface area contributed by atoms with Crippen molar-refractivity contribution >= 4 is 47.0 Å². The van der Waals surface area contributed by atoms with Crippen LogP contribution in [0.3, 0.4) is 0 Å². The van der Waals surface area contributed by atoms with Gasteiger partial charge in [0.25, 0.3) is 0 Å². The molecule has 0 fully saturated rings. The zero-order valence-electron chi connectivity index (χ0n) is 6.02. The Labute approximate surface area is 88.4 Å². The van der Waals surface area contributed by atoms with Crippen LogP contribution in [0.5, 0.6) is 0 Å². The summed E-state index contributed by atoms with van der Waals surface area (Å²) in [5, 5.41) is 0. The smallest absolute Gasteiger partial charge is 1.00 e. The Morgan fingerprint density at radius 1 is 1.40 bits per heavy atom. The fourth-order valence-corrected chi connectivity index (χ4v) is 0. The summed E-state index contributed by atoms with van der Waals surface area (Å²) in [7, 11) is -1.42. The minimum Gasteiger partial charge on any atom is -1.00 e. The Balaban J connectivity index is -0.00000000200. The zero-order valence-corrected chi connectivity index (χ0v) is 8.23. The average molecular weight is 126 g/mol. The standard InChI is InChI=1S/Ca.Na.O2Si.3H/c;;1-3-2;;;/q+2;+1;;3*-1. The van der Waals surface area contributed by atoms with Gasteiger partial charge in [0.2, 0.25) is 0 Å². The third-order valence-electron chi connectivity index (χ3n) is 0. The van der Waals surface area contributed by atoms with Gasteiger partial charge in [-0.1, -0.05) is 0 Å². The Bertz CT molecular complexity index is 38.3. The molecule has 0 N–H and O–H groups in total. The van der Waals surface area contributed by atoms with Gasteiger partial charge in [0.15, 0.2) is 0 Å². The van der Waals surface area contributed by atoms with Crippen LogP contribution >= 0.6 is 0 Å². The van der Waals surface area contributed by atoms with Gasteiger partial charge in [-0.15, -0.1) is 0 Å². The molecule has 0 aromatic heterocycles. The van der Waals surface area contributed by atoms with Crippen molar-refractivity contribution in [3.05, 3.63) is 0 Å². The van der Waals surface area contributed by atoms with Gasteiger partial charge in [0.05, 0.1) is 0 Å². The molecule has 0 aromatic carbocycles. The largest absolute Gasteiger partial charge is 2.00 e. The van der Waals surface area contributed by atoms with E-state index in [1.807, 2.05) is 0 Å². The summed E-state index contributed by atoms with van der Waals surface area (Å²) in [5.41, 5.74) is 0. The normalized spacial score (nSPS) is 1.60. The molecule has 0 spiro atoms. The van der Waals surface area contributed by atoms with Crippen LogP contribution < -0.4 is 29.6 Å². The molecule has 0 atom stereocenters. The van der Waals surface area contributed by atoms with E-state index >= 15 is 0 Å². The van der Waals surface area contributed by atoms with Gasteiger partial charge in [-0.05, 0) is 0 Å². The van der Waals surface area contributed by atoms with E-state index in [9.17, 15) is 0 Å². The van der Waals surface area contributed by atoms with Gasteiger partial charge in [-0.3, -0.25) is 8.92 Å². The van der Waals surface area contributed by atoms with Crippen LogP contribution in [-0.2, 0) is 8.92 Å². The Kier molecular flexibility index (Phi) is 52.0. The SMILES string of the molecule is O=[Si]=O.[Ca+2].[H-].[H-].[H-].[Na+]. The molecule has 0 heterocycles. The molecule has 0 bridgehead atoms. The van der Waals surface area contributed by atoms with Crippen LogP contribution in [0.2, 0.25) is 0 Å². The Morgan fingerprint density at radius 3 is 1.40 bits per heavy atom. The van der Waals surface area contributed by atoms with Gasteiger partial charge >= 0.3 is 76.6 Å². The molecule has 0 aromatic rings. The van der Waals surface area contributed by atoms with Crippen molar-refractivity contribution in [3.8, 4) is 0 Å². The fraction of sp³-hybridized carbons (Fsp3) is 0. The van der Waals surface area contributed by atoms with Crippen LogP contribution in [0.4, 0.5) is 0 Å². The maximum atomic E-state index is 8.40. The molecule has 0 saturated heterocycles. The predicted molar refractivity (Wildman–Crippen MR) is 16.2 cm³/mol. The molecular weight excluding hydrogens is 123 g/mol. The van der Waals surface area contributed by atoms with Crippen molar-refractivity contribution in [1.82, 2.24) is 0 Å². The predicted octanol–water partition coefficient (Wildman–Crippen LogP) is -3.66. The molecule has 0 rings (SSSR count). The Hall–Kier alpha value is 2.08. The third-order valence-corrected chi connectivity index (χ3v) is 0. The summed E-state index contributed by atoms with van der Waals surface area (Å²) in [4.78, 5) is 0. The quantitative estimate of drug-likeness (QED) is 0.314. The summed E-state index contributed by atoms with van der Waals surface area (Å²) in [6.45, 7) is 0. The second-order valence-electron chi connectivity index (χ2n) is 0.0833. The van der Waals surface area contributed by atoms with E-state index in [-0.39, 0.29) is 71.6 Å². The summed E-state index contributed by atoms with van der Waals surface area (Å²) >= 11 is 0. The van der Waals surface area contributed by atoms with Crippen molar-refractivity contribution in [2.45, 2.75) is 0 Å². The van der Waals surface area contributed by atoms with E-state index in [4.69, 9.17) is 8.92 Å². The van der Waals surface area contributed by atoms with Gasteiger partial charge in [-0.2, -0.15) is 0 Å². The summed E-state index contributed by atoms with van der Waals surface area (Å²) < 4.78 is 16.8. The monoisotopic (exact) mass is 126 g/mol. The first-order chi connectivity index (χ1) is 1.41. The van der Waals surface area contributed by atoms with Crippen LogP contribution in [-0.4, -0.2) is 47.0 Å². The summed E-state index contributed by atoms with van der Waals surface area (Å²) in [6.07, 6.45) is 0. The van der Waals surface area contributed by atoms with Crippen LogP contribution in [0.25, 0.3) is 0 Å². The molecule has 0 saturated carbocycles. The first-order valence-electron chi connectivity index (χ1n) is 0.408. The van der Waals surface area contributed by atoms with E-state index < -0.39 is 9.29 Å². The van der Waals surface area contributed by atoms with Crippen molar-refractivity contribution in [1.29, 1.82) is 0 Å². The molecule has 0 amide bonds. The molecule has 0 aliphatic carbocycles. The summed E-state index contributed by atoms with van der Waals surface area (Å²) in [5.74, 6) is 0. The van der Waals surface area contributed by atoms with Gasteiger partial charge in [0.1, 0.15) is 0 Å². The maximum absolute atomic E-state index is 8.40. The van der Waals surface area contributed by atoms with E-state index in [2.05, 4.69) is 0 Å². The topological polar surface area (TPSA) is 34.1 Å². The van der Waals surface area contributed by atoms with Crippen LogP contribution in [0, 0.1) is 0 Å². The molecule has 0 aliphatic rings. The van der Waals surface area contributed by atoms with Crippen molar-refractivity contribution in [3.63, 3.8) is 0 Å². The zero-order chi connectivity index (χ0) is 2.71. The fourth-order valence-electron chi connectivity index (χ4n) is 0. The molecule has 2 nitrogen and oxygen atoms in total. The molecule has 0 radical (unpaired) electrons. The van der Waals surface area contributed by atoms with Gasteiger partial charge in [-0.25, -0.2) is 0 Å². The average Bonchev–Trinajstić information content (AvgIpc) is 0.918. The molecule has 0 unspecified atom stereocenters. The second-order valence-corrected chi connectivity index (χ2v) is 0.250. The van der Waals surface area contributed by atoms with Crippen LogP contribution in [0.1, 0.15) is 4.28 Å². The van der Waals surface area contributed by atoms with Crippen molar-refractivity contribution in [2.75, 3.05) is 0 Å². The first kappa shape index (κ1) is 15.7. The van der Waals surface area contributed by atoms with E-state index in [0.29, 0.717) is 0 Å². The minimum absolute atomic E-state index is 0. The third kappa shape index (κ3) is 23.4. The molecule has 5 heteroatoms. The molecular formula is H3CaNaO2Si. The van der Waals surface area contributed by atoms with Crippen molar-refractivity contribution < 1.29 is 42.8 Å². The maximum Gasteiger partial charge on any atom is 2.00 e. The minimum atomic E-state index is -1.42. The molecule has 22 valence electrons. The first-order valence-corrected chi connectivity index (χ1v) is 1.22. The molecule has 0 aliphatic heterocycles. The Morgan fingerprint density at radius 2 is 1.40 bits per heavy atom. The number of rotatable bonds is 0. The number of hydrogen-bond donors (Lipinski definition) is 0. The van der Waals surface area contributed by atoms with E-state index in [0.717, 1.165) is 0 Å². The number of hydrogen-bond acceptors (Lipinski definition) is 2.